The summed E-state index contributed by atoms with van der Waals surface area (Å²) >= 11 is 0. The van der Waals surface area contributed by atoms with Crippen molar-refractivity contribution in [2.24, 2.45) is 0 Å². The maximum Gasteiger partial charge on any atom is 0.251 e. The zero-order valence-electron chi connectivity index (χ0n) is 10.7. The van der Waals surface area contributed by atoms with Crippen molar-refractivity contribution in [3.8, 4) is 0 Å². The van der Waals surface area contributed by atoms with Gasteiger partial charge in [0.1, 0.15) is 6.29 Å². The van der Waals surface area contributed by atoms with Gasteiger partial charge in [0.15, 0.2) is 5.78 Å². The van der Waals surface area contributed by atoms with Gasteiger partial charge in [-0.1, -0.05) is 42.5 Å². The van der Waals surface area contributed by atoms with Crippen LogP contribution in [0.5, 0.6) is 0 Å². The first-order valence-corrected chi connectivity index (χ1v) is 6.14. The number of rotatable bonds is 5. The Morgan fingerprint density at radius 3 is 2.00 bits per heavy atom. The third kappa shape index (κ3) is 3.17. The second kappa shape index (κ2) is 6.43. The predicted molar refractivity (Wildman–Crippen MR) is 74.7 cm³/mol. The number of hydrogen-bond acceptors (Lipinski definition) is 3. The van der Waals surface area contributed by atoms with Crippen molar-refractivity contribution in [1.82, 2.24) is 5.32 Å². The molecule has 1 amide bonds. The van der Waals surface area contributed by atoms with E-state index in [0.717, 1.165) is 0 Å². The first-order chi connectivity index (χ1) is 9.72. The Kier molecular flexibility index (Phi) is 4.39. The lowest BCUT2D eigenvalue weighted by Crippen LogP contribution is -2.25. The Balaban J connectivity index is 2.14. The van der Waals surface area contributed by atoms with Crippen LogP contribution in [-0.2, 0) is 4.79 Å². The molecular formula is C16H13NO3. The van der Waals surface area contributed by atoms with Crippen LogP contribution in [-0.4, -0.2) is 24.5 Å². The summed E-state index contributed by atoms with van der Waals surface area (Å²) in [4.78, 5) is 33.9. The maximum atomic E-state index is 12.2. The first-order valence-electron chi connectivity index (χ1n) is 6.14. The van der Waals surface area contributed by atoms with Gasteiger partial charge in [-0.2, -0.15) is 0 Å². The van der Waals surface area contributed by atoms with Gasteiger partial charge in [0.25, 0.3) is 5.91 Å². The van der Waals surface area contributed by atoms with Crippen LogP contribution < -0.4 is 5.32 Å². The highest BCUT2D eigenvalue weighted by atomic mass is 16.2. The highest BCUT2D eigenvalue weighted by Crippen LogP contribution is 2.11. The summed E-state index contributed by atoms with van der Waals surface area (Å²) in [6.45, 7) is -0.0243. The third-order valence-electron chi connectivity index (χ3n) is 2.79. The van der Waals surface area contributed by atoms with E-state index in [2.05, 4.69) is 5.32 Å². The Morgan fingerprint density at radius 1 is 0.850 bits per heavy atom. The Morgan fingerprint density at radius 2 is 1.40 bits per heavy atom. The van der Waals surface area contributed by atoms with Gasteiger partial charge in [0.2, 0.25) is 0 Å². The SMILES string of the molecule is O=CCNC(=O)c1ccc(C(=O)c2ccccc2)cc1. The zero-order chi connectivity index (χ0) is 14.4. The van der Waals surface area contributed by atoms with Crippen molar-refractivity contribution in [3.05, 3.63) is 71.3 Å². The number of benzene rings is 2. The highest BCUT2D eigenvalue weighted by Gasteiger charge is 2.10. The molecule has 0 saturated carbocycles. The topological polar surface area (TPSA) is 63.2 Å². The molecule has 0 radical (unpaired) electrons. The summed E-state index contributed by atoms with van der Waals surface area (Å²) in [6.07, 6.45) is 0.616. The molecule has 0 saturated heterocycles. The second-order valence-corrected chi connectivity index (χ2v) is 4.15. The van der Waals surface area contributed by atoms with E-state index in [1.165, 1.54) is 0 Å². The van der Waals surface area contributed by atoms with E-state index >= 15 is 0 Å². The number of hydrogen-bond donors (Lipinski definition) is 1. The molecule has 0 spiro atoms. The van der Waals surface area contributed by atoms with Gasteiger partial charge in [-0.15, -0.1) is 0 Å². The Hall–Kier alpha value is -2.75. The first kappa shape index (κ1) is 13.7. The molecule has 2 aromatic rings. The fourth-order valence-corrected chi connectivity index (χ4v) is 1.77. The van der Waals surface area contributed by atoms with Gasteiger partial charge < -0.3 is 10.1 Å². The fraction of sp³-hybridized carbons (Fsp3) is 0.0625. The normalized spacial score (nSPS) is 9.80. The molecule has 0 aromatic heterocycles. The van der Waals surface area contributed by atoms with Crippen LogP contribution in [0.3, 0.4) is 0 Å². The Labute approximate surface area is 116 Å². The van der Waals surface area contributed by atoms with Gasteiger partial charge in [0, 0.05) is 16.7 Å². The van der Waals surface area contributed by atoms with Gasteiger partial charge >= 0.3 is 0 Å². The average Bonchev–Trinajstić information content (AvgIpc) is 2.53. The van der Waals surface area contributed by atoms with Crippen LogP contribution in [0, 0.1) is 0 Å². The minimum absolute atomic E-state index is 0.0243. The van der Waals surface area contributed by atoms with Crippen molar-refractivity contribution < 1.29 is 14.4 Å². The van der Waals surface area contributed by atoms with Crippen molar-refractivity contribution in [2.45, 2.75) is 0 Å². The van der Waals surface area contributed by atoms with E-state index in [4.69, 9.17) is 0 Å². The Bertz CT molecular complexity index is 618. The molecule has 0 fully saturated rings. The van der Waals surface area contributed by atoms with E-state index < -0.39 is 0 Å². The minimum atomic E-state index is -0.337. The molecule has 100 valence electrons. The number of aldehydes is 1. The van der Waals surface area contributed by atoms with Crippen LogP contribution >= 0.6 is 0 Å². The molecule has 0 heterocycles. The van der Waals surface area contributed by atoms with Crippen molar-refractivity contribution in [2.75, 3.05) is 6.54 Å². The molecule has 0 bridgehead atoms. The second-order valence-electron chi connectivity index (χ2n) is 4.15. The van der Waals surface area contributed by atoms with Gasteiger partial charge in [-0.3, -0.25) is 9.59 Å². The molecule has 2 rings (SSSR count). The third-order valence-corrected chi connectivity index (χ3v) is 2.79. The number of carbonyl (C=O) groups excluding carboxylic acids is 3. The van der Waals surface area contributed by atoms with Crippen LogP contribution in [0.4, 0.5) is 0 Å². The molecule has 0 aliphatic rings. The lowest BCUT2D eigenvalue weighted by atomic mass is 10.0. The molecule has 1 N–H and O–H groups in total. The smallest absolute Gasteiger partial charge is 0.251 e. The summed E-state index contributed by atoms with van der Waals surface area (Å²) in [7, 11) is 0. The van der Waals surface area contributed by atoms with E-state index in [1.807, 2.05) is 6.07 Å². The maximum absolute atomic E-state index is 12.2. The van der Waals surface area contributed by atoms with Crippen LogP contribution in [0.2, 0.25) is 0 Å². The lowest BCUT2D eigenvalue weighted by molar-refractivity contribution is -0.107. The number of amides is 1. The zero-order valence-corrected chi connectivity index (χ0v) is 10.7. The molecule has 0 unspecified atom stereocenters. The summed E-state index contributed by atoms with van der Waals surface area (Å²) in [5.41, 5.74) is 1.53. The number of nitrogens with one attached hydrogen (secondary N) is 1. The molecule has 4 heteroatoms. The molecule has 20 heavy (non-hydrogen) atoms. The molecule has 2 aromatic carbocycles. The average molecular weight is 267 g/mol. The number of ketones is 1. The van der Waals surface area contributed by atoms with Crippen LogP contribution in [0.1, 0.15) is 26.3 Å². The molecule has 4 nitrogen and oxygen atoms in total. The highest BCUT2D eigenvalue weighted by molar-refractivity contribution is 6.09. The fourth-order valence-electron chi connectivity index (χ4n) is 1.77. The molecule has 0 atom stereocenters. The summed E-state index contributed by atoms with van der Waals surface area (Å²) in [6, 6.07) is 15.3. The lowest BCUT2D eigenvalue weighted by Gasteiger charge is -2.04. The minimum Gasteiger partial charge on any atom is -0.345 e. The van der Waals surface area contributed by atoms with Gasteiger partial charge in [0.05, 0.1) is 6.54 Å². The summed E-state index contributed by atoms with van der Waals surface area (Å²) in [5.74, 6) is -0.429. The van der Waals surface area contributed by atoms with E-state index in [0.29, 0.717) is 23.0 Å². The van der Waals surface area contributed by atoms with Crippen molar-refractivity contribution in [3.63, 3.8) is 0 Å². The largest absolute Gasteiger partial charge is 0.345 e. The van der Waals surface area contributed by atoms with Crippen LogP contribution in [0.15, 0.2) is 54.6 Å². The standard InChI is InChI=1S/C16H13NO3/c18-11-10-17-16(20)14-8-6-13(7-9-14)15(19)12-4-2-1-3-5-12/h1-9,11H,10H2,(H,17,20). The molecular weight excluding hydrogens is 254 g/mol. The van der Waals surface area contributed by atoms with Crippen molar-refractivity contribution in [1.29, 1.82) is 0 Å². The molecule has 0 aliphatic carbocycles. The monoisotopic (exact) mass is 267 g/mol. The van der Waals surface area contributed by atoms with E-state index in [-0.39, 0.29) is 18.2 Å². The summed E-state index contributed by atoms with van der Waals surface area (Å²) in [5, 5.41) is 2.44. The quantitative estimate of drug-likeness (QED) is 0.664. The van der Waals surface area contributed by atoms with Gasteiger partial charge in [-0.05, 0) is 12.1 Å². The van der Waals surface area contributed by atoms with E-state index in [9.17, 15) is 14.4 Å². The number of carbonyl (C=O) groups is 3. The summed E-state index contributed by atoms with van der Waals surface area (Å²) < 4.78 is 0. The van der Waals surface area contributed by atoms with E-state index in [1.54, 1.807) is 48.5 Å². The van der Waals surface area contributed by atoms with Gasteiger partial charge in [-0.25, -0.2) is 0 Å². The predicted octanol–water partition coefficient (Wildman–Crippen LogP) is 1.85. The van der Waals surface area contributed by atoms with Crippen LogP contribution in [0.25, 0.3) is 0 Å². The molecule has 0 aliphatic heterocycles. The van der Waals surface area contributed by atoms with Crippen molar-refractivity contribution >= 4 is 18.0 Å².